The third-order valence-corrected chi connectivity index (χ3v) is 7.56. The Kier molecular flexibility index (Phi) is 10.8. The number of carbonyl (C=O) groups is 1. The fourth-order valence-corrected chi connectivity index (χ4v) is 5.23. The molecule has 0 unspecified atom stereocenters. The van der Waals surface area contributed by atoms with Gasteiger partial charge >= 0.3 is 0 Å². The van der Waals surface area contributed by atoms with Gasteiger partial charge in [0.25, 0.3) is 5.91 Å². The molecule has 1 fully saturated rings. The Hall–Kier alpha value is -3.09. The normalized spacial score (nSPS) is 13.8. The van der Waals surface area contributed by atoms with Gasteiger partial charge in [-0.25, -0.2) is 4.98 Å². The van der Waals surface area contributed by atoms with Crippen molar-refractivity contribution in [3.8, 4) is 33.9 Å². The highest BCUT2D eigenvalue weighted by atomic mass is 35.5. The molecule has 1 N–H and O–H groups in total. The van der Waals surface area contributed by atoms with E-state index < -0.39 is 0 Å². The van der Waals surface area contributed by atoms with Gasteiger partial charge in [-0.3, -0.25) is 4.79 Å². The minimum atomic E-state index is -0.134. The van der Waals surface area contributed by atoms with Crippen molar-refractivity contribution in [2.24, 2.45) is 0 Å². The Morgan fingerprint density at radius 2 is 1.80 bits per heavy atom. The predicted octanol–water partition coefficient (Wildman–Crippen LogP) is 7.56. The highest BCUT2D eigenvalue weighted by molar-refractivity contribution is 6.32. The van der Waals surface area contributed by atoms with Crippen LogP contribution in [0, 0.1) is 6.92 Å². The van der Waals surface area contributed by atoms with Gasteiger partial charge < -0.3 is 19.7 Å². The lowest BCUT2D eigenvalue weighted by atomic mass is 9.94. The van der Waals surface area contributed by atoms with E-state index in [1.807, 2.05) is 50.5 Å². The van der Waals surface area contributed by atoms with E-state index in [1.165, 1.54) is 6.42 Å². The van der Waals surface area contributed by atoms with Crippen LogP contribution in [0.15, 0.2) is 48.5 Å². The van der Waals surface area contributed by atoms with E-state index in [2.05, 4.69) is 36.2 Å². The van der Waals surface area contributed by atoms with Crippen LogP contribution < -0.4 is 14.8 Å². The number of carbonyl (C=O) groups excluding carboxylic acids is 1. The second-order valence-corrected chi connectivity index (χ2v) is 11.3. The van der Waals surface area contributed by atoms with Gasteiger partial charge in [0.15, 0.2) is 0 Å². The van der Waals surface area contributed by atoms with Gasteiger partial charge in [-0.2, -0.15) is 0 Å². The molecule has 1 amide bonds. The Labute approximate surface area is 244 Å². The van der Waals surface area contributed by atoms with Crippen molar-refractivity contribution in [2.45, 2.75) is 64.8 Å². The lowest BCUT2D eigenvalue weighted by Gasteiger charge is -2.23. The molecular weight excluding hydrogens is 522 g/mol. The molecule has 3 aromatic rings. The fraction of sp³-hybridized carbons (Fsp3) is 0.455. The number of aromatic nitrogens is 1. The quantitative estimate of drug-likeness (QED) is 0.230. The molecule has 0 atom stereocenters. The largest absolute Gasteiger partial charge is 0.494 e. The van der Waals surface area contributed by atoms with Crippen LogP contribution in [-0.4, -0.2) is 55.7 Å². The van der Waals surface area contributed by atoms with E-state index in [0.717, 1.165) is 73.1 Å². The minimum absolute atomic E-state index is 0.134. The zero-order valence-corrected chi connectivity index (χ0v) is 25.0. The molecule has 6 nitrogen and oxygen atoms in total. The first kappa shape index (κ1) is 29.9. The molecule has 0 aliphatic heterocycles. The summed E-state index contributed by atoms with van der Waals surface area (Å²) in [5.74, 6) is 1.29. The monoisotopic (exact) mass is 563 g/mol. The lowest BCUT2D eigenvalue weighted by molar-refractivity contribution is 0.0923. The number of halogens is 1. The van der Waals surface area contributed by atoms with E-state index in [4.69, 9.17) is 26.1 Å². The van der Waals surface area contributed by atoms with Crippen LogP contribution in [0.4, 0.5) is 0 Å². The maximum absolute atomic E-state index is 13.3. The van der Waals surface area contributed by atoms with Crippen LogP contribution in [0.25, 0.3) is 22.4 Å². The molecule has 40 heavy (non-hydrogen) atoms. The van der Waals surface area contributed by atoms with E-state index in [0.29, 0.717) is 35.4 Å². The maximum Gasteiger partial charge on any atom is 0.270 e. The minimum Gasteiger partial charge on any atom is -0.494 e. The molecule has 0 radical (unpaired) electrons. The van der Waals surface area contributed by atoms with Gasteiger partial charge in [0.2, 0.25) is 0 Å². The first-order valence-electron chi connectivity index (χ1n) is 14.5. The molecule has 0 spiro atoms. The Morgan fingerprint density at radius 3 is 2.55 bits per heavy atom. The summed E-state index contributed by atoms with van der Waals surface area (Å²) in [4.78, 5) is 20.4. The van der Waals surface area contributed by atoms with E-state index in [-0.39, 0.29) is 11.9 Å². The summed E-state index contributed by atoms with van der Waals surface area (Å²) in [6.07, 6.45) is 7.40. The van der Waals surface area contributed by atoms with Crippen LogP contribution in [0.5, 0.6) is 11.5 Å². The van der Waals surface area contributed by atoms with E-state index in [9.17, 15) is 4.79 Å². The summed E-state index contributed by atoms with van der Waals surface area (Å²) in [5.41, 5.74) is 4.99. The molecular formula is C33H42ClN3O3. The van der Waals surface area contributed by atoms with Crippen molar-refractivity contribution in [1.29, 1.82) is 0 Å². The number of rotatable bonds is 12. The summed E-state index contributed by atoms with van der Waals surface area (Å²) >= 11 is 6.53. The van der Waals surface area contributed by atoms with Crippen LogP contribution in [-0.2, 0) is 0 Å². The summed E-state index contributed by atoms with van der Waals surface area (Å²) in [6, 6.07) is 15.9. The predicted molar refractivity (Wildman–Crippen MR) is 164 cm³/mol. The molecule has 1 aliphatic rings. The number of aryl methyl sites for hydroxylation is 1. The molecule has 7 heteroatoms. The van der Waals surface area contributed by atoms with Crippen LogP contribution in [0.1, 0.15) is 67.9 Å². The number of amides is 1. The molecule has 1 aromatic heterocycles. The van der Waals surface area contributed by atoms with Crippen LogP contribution >= 0.6 is 11.6 Å². The Bertz CT molecular complexity index is 1290. The van der Waals surface area contributed by atoms with Crippen molar-refractivity contribution in [1.82, 2.24) is 15.2 Å². The zero-order chi connectivity index (χ0) is 28.5. The Balaban J connectivity index is 1.72. The van der Waals surface area contributed by atoms with Crippen LogP contribution in [0.3, 0.4) is 0 Å². The number of hydrogen-bond acceptors (Lipinski definition) is 5. The van der Waals surface area contributed by atoms with E-state index >= 15 is 0 Å². The SMILES string of the molecule is CCCOc1ccc(C)c(-c2ccc(C(=O)NC3CCCCC3)nc2-c2ccc(Cl)c(OCCCN(C)C)c2)c1. The average Bonchev–Trinajstić information content (AvgIpc) is 2.96. The molecule has 1 saturated carbocycles. The fourth-order valence-electron chi connectivity index (χ4n) is 5.05. The third kappa shape index (κ3) is 7.98. The maximum atomic E-state index is 13.3. The number of pyridine rings is 1. The van der Waals surface area contributed by atoms with Gasteiger partial charge in [0, 0.05) is 23.7 Å². The standard InChI is InChI=1S/C33H42ClN3O3/c1-5-19-39-26-14-12-23(2)28(22-26)27-15-17-30(33(38)35-25-10-7-6-8-11-25)36-32(27)24-13-16-29(34)31(21-24)40-20-9-18-37(3)4/h12-17,21-22,25H,5-11,18-20H2,1-4H3,(H,35,38). The lowest BCUT2D eigenvalue weighted by Crippen LogP contribution is -2.36. The second-order valence-electron chi connectivity index (χ2n) is 10.9. The number of hydrogen-bond donors (Lipinski definition) is 1. The molecule has 214 valence electrons. The highest BCUT2D eigenvalue weighted by Crippen LogP contribution is 2.38. The van der Waals surface area contributed by atoms with Crippen molar-refractivity contribution in [3.63, 3.8) is 0 Å². The Morgan fingerprint density at radius 1 is 1.00 bits per heavy atom. The summed E-state index contributed by atoms with van der Waals surface area (Å²) in [5, 5.41) is 3.76. The van der Waals surface area contributed by atoms with Crippen molar-refractivity contribution >= 4 is 17.5 Å². The molecule has 4 rings (SSSR count). The molecule has 0 bridgehead atoms. The molecule has 2 aromatic carbocycles. The van der Waals surface area contributed by atoms with Crippen molar-refractivity contribution < 1.29 is 14.3 Å². The third-order valence-electron chi connectivity index (χ3n) is 7.25. The second kappa shape index (κ2) is 14.5. The van der Waals surface area contributed by atoms with Crippen molar-refractivity contribution in [3.05, 3.63) is 64.8 Å². The van der Waals surface area contributed by atoms with Gasteiger partial charge in [-0.15, -0.1) is 0 Å². The summed E-state index contributed by atoms with van der Waals surface area (Å²) in [6.45, 7) is 6.31. The first-order valence-corrected chi connectivity index (χ1v) is 14.9. The number of nitrogens with zero attached hydrogens (tertiary/aromatic N) is 2. The number of ether oxygens (including phenoxy) is 2. The van der Waals surface area contributed by atoms with Gasteiger partial charge in [0.05, 0.1) is 23.9 Å². The number of benzene rings is 2. The molecule has 1 heterocycles. The van der Waals surface area contributed by atoms with Crippen molar-refractivity contribution in [2.75, 3.05) is 33.9 Å². The van der Waals surface area contributed by atoms with E-state index in [1.54, 1.807) is 0 Å². The van der Waals surface area contributed by atoms with Gasteiger partial charge in [-0.05, 0) is 94.2 Å². The van der Waals surface area contributed by atoms with Gasteiger partial charge in [0.1, 0.15) is 17.2 Å². The average molecular weight is 564 g/mol. The van der Waals surface area contributed by atoms with Gasteiger partial charge in [-0.1, -0.05) is 49.9 Å². The smallest absolute Gasteiger partial charge is 0.270 e. The topological polar surface area (TPSA) is 63.7 Å². The summed E-state index contributed by atoms with van der Waals surface area (Å²) < 4.78 is 12.0. The highest BCUT2D eigenvalue weighted by Gasteiger charge is 2.21. The first-order chi connectivity index (χ1) is 19.4. The van der Waals surface area contributed by atoms with Crippen LogP contribution in [0.2, 0.25) is 5.02 Å². The molecule has 0 saturated heterocycles. The zero-order valence-electron chi connectivity index (χ0n) is 24.3. The summed E-state index contributed by atoms with van der Waals surface area (Å²) in [7, 11) is 4.09. The number of nitrogens with one attached hydrogen (secondary N) is 1. The molecule has 1 aliphatic carbocycles.